The van der Waals surface area contributed by atoms with Crippen LogP contribution in [0.15, 0.2) is 35.3 Å². The molecule has 0 amide bonds. The van der Waals surface area contributed by atoms with E-state index in [0.717, 1.165) is 56.2 Å². The Bertz CT molecular complexity index is 924. The first-order chi connectivity index (χ1) is 15.5. The van der Waals surface area contributed by atoms with Crippen molar-refractivity contribution in [1.82, 2.24) is 25.3 Å². The van der Waals surface area contributed by atoms with Crippen LogP contribution < -0.4 is 16.4 Å². The van der Waals surface area contributed by atoms with Gasteiger partial charge < -0.3 is 21.3 Å². The molecule has 180 valence electrons. The molecule has 0 bridgehead atoms. The molecule has 1 fully saturated rings. The first-order valence-electron chi connectivity index (χ1n) is 11.6. The third kappa shape index (κ3) is 7.33. The minimum absolute atomic E-state index is 0. The van der Waals surface area contributed by atoms with Crippen LogP contribution in [0.3, 0.4) is 0 Å². The average Bonchev–Trinajstić information content (AvgIpc) is 3.12. The second-order valence-electron chi connectivity index (χ2n) is 8.48. The van der Waals surface area contributed by atoms with Gasteiger partial charge in [0.15, 0.2) is 5.96 Å². The van der Waals surface area contributed by atoms with Gasteiger partial charge >= 0.3 is 0 Å². The third-order valence-electron chi connectivity index (χ3n) is 5.89. The maximum Gasteiger partial charge on any atom is 0.191 e. The molecule has 1 saturated heterocycles. The maximum atomic E-state index is 9.58. The van der Waals surface area contributed by atoms with Crippen LogP contribution in [-0.2, 0) is 6.42 Å². The highest BCUT2D eigenvalue weighted by Crippen LogP contribution is 2.21. The van der Waals surface area contributed by atoms with E-state index in [1.807, 2.05) is 30.3 Å². The molecule has 1 aliphatic heterocycles. The summed E-state index contributed by atoms with van der Waals surface area (Å²) < 4.78 is 1.65. The number of para-hydroxylation sites is 1. The molecule has 3 rings (SSSR count). The summed E-state index contributed by atoms with van der Waals surface area (Å²) in [5.41, 5.74) is 8.24. The van der Waals surface area contributed by atoms with E-state index < -0.39 is 0 Å². The van der Waals surface area contributed by atoms with Crippen molar-refractivity contribution in [3.05, 3.63) is 41.6 Å². The lowest BCUT2D eigenvalue weighted by molar-refractivity contribution is 0.167. The van der Waals surface area contributed by atoms with Gasteiger partial charge in [0, 0.05) is 38.3 Å². The second-order valence-corrected chi connectivity index (χ2v) is 8.48. The number of anilines is 1. The van der Waals surface area contributed by atoms with E-state index in [-0.39, 0.29) is 24.0 Å². The molecule has 4 N–H and O–H groups in total. The average molecular weight is 565 g/mol. The number of nitrogens with one attached hydrogen (secondary N) is 2. The Morgan fingerprint density at radius 2 is 1.97 bits per heavy atom. The summed E-state index contributed by atoms with van der Waals surface area (Å²) in [7, 11) is 0. The molecule has 0 radical (unpaired) electrons. The van der Waals surface area contributed by atoms with Crippen molar-refractivity contribution in [1.29, 1.82) is 5.26 Å². The van der Waals surface area contributed by atoms with Crippen molar-refractivity contribution in [3.63, 3.8) is 0 Å². The molecule has 0 unspecified atom stereocenters. The molecule has 0 atom stereocenters. The number of aliphatic imine (C=N–C) groups is 1. The number of aryl methyl sites for hydroxylation is 1. The number of piperidine rings is 1. The van der Waals surface area contributed by atoms with Crippen molar-refractivity contribution < 1.29 is 0 Å². The second kappa shape index (κ2) is 13.4. The zero-order valence-electron chi connectivity index (χ0n) is 19.9. The number of hydrogen-bond acceptors (Lipinski definition) is 5. The fraction of sp³-hybridized carbons (Fsp3) is 0.542. The largest absolute Gasteiger partial charge is 0.382 e. The number of guanidine groups is 1. The van der Waals surface area contributed by atoms with E-state index in [1.165, 1.54) is 0 Å². The number of rotatable bonds is 8. The fourth-order valence-electron chi connectivity index (χ4n) is 4.05. The van der Waals surface area contributed by atoms with E-state index in [0.29, 0.717) is 36.4 Å². The Hall–Kier alpha value is -2.32. The number of benzene rings is 1. The Balaban J connectivity index is 0.00000385. The van der Waals surface area contributed by atoms with Crippen LogP contribution in [0, 0.1) is 11.3 Å². The summed E-state index contributed by atoms with van der Waals surface area (Å²) in [5.74, 6) is 1.25. The number of hydrogen-bond donors (Lipinski definition) is 3. The number of nitrogens with zero attached hydrogens (tertiary/aromatic N) is 5. The summed E-state index contributed by atoms with van der Waals surface area (Å²) in [4.78, 5) is 7.27. The highest BCUT2D eigenvalue weighted by molar-refractivity contribution is 14.0. The van der Waals surface area contributed by atoms with Crippen LogP contribution in [0.2, 0.25) is 0 Å². The first kappa shape index (κ1) is 26.9. The number of likely N-dealkylation sites (tertiary alicyclic amines) is 1. The van der Waals surface area contributed by atoms with Gasteiger partial charge in [0.2, 0.25) is 0 Å². The zero-order valence-corrected chi connectivity index (χ0v) is 22.3. The normalized spacial score (nSPS) is 15.2. The Kier molecular flexibility index (Phi) is 10.9. The minimum atomic E-state index is 0. The van der Waals surface area contributed by atoms with Crippen LogP contribution in [0.4, 0.5) is 5.82 Å². The Labute approximate surface area is 214 Å². The standard InChI is InChI=1S/C24H36N8.HI/c1-4-27-24(29-19-12-15-31(16-13-19)18(2)3)28-14-8-11-22-21(17-25)23(26)32(30-22)20-9-6-5-7-10-20;/h5-7,9-10,18-19H,4,8,11-16,26H2,1-3H3,(H2,27,28,29);1H. The van der Waals surface area contributed by atoms with Gasteiger partial charge in [-0.05, 0) is 58.6 Å². The molecule has 0 saturated carbocycles. The summed E-state index contributed by atoms with van der Waals surface area (Å²) in [6, 6.07) is 12.9. The van der Waals surface area contributed by atoms with Crippen LogP contribution in [-0.4, -0.2) is 58.9 Å². The molecule has 2 heterocycles. The predicted octanol–water partition coefficient (Wildman–Crippen LogP) is 3.30. The van der Waals surface area contributed by atoms with E-state index in [9.17, 15) is 5.26 Å². The molecule has 1 aromatic carbocycles. The molecule has 1 aromatic heterocycles. The van der Waals surface area contributed by atoms with Crippen molar-refractivity contribution in [3.8, 4) is 11.8 Å². The number of halogens is 1. The summed E-state index contributed by atoms with van der Waals surface area (Å²) in [5, 5.41) is 21.1. The van der Waals surface area contributed by atoms with Gasteiger partial charge in [0.25, 0.3) is 0 Å². The SMILES string of the molecule is CCNC(=NCCCc1nn(-c2ccccc2)c(N)c1C#N)NC1CCN(C(C)C)CC1.I. The lowest BCUT2D eigenvalue weighted by atomic mass is 10.0. The maximum absolute atomic E-state index is 9.58. The summed E-state index contributed by atoms with van der Waals surface area (Å²) in [6.07, 6.45) is 3.71. The van der Waals surface area contributed by atoms with E-state index in [1.54, 1.807) is 4.68 Å². The summed E-state index contributed by atoms with van der Waals surface area (Å²) in [6.45, 7) is 10.3. The van der Waals surface area contributed by atoms with Gasteiger partial charge in [0.05, 0.1) is 11.4 Å². The topological polar surface area (TPSA) is 107 Å². The fourth-order valence-corrected chi connectivity index (χ4v) is 4.05. The van der Waals surface area contributed by atoms with Gasteiger partial charge in [-0.25, -0.2) is 4.68 Å². The van der Waals surface area contributed by atoms with E-state index >= 15 is 0 Å². The number of nitriles is 1. The number of nitrogens with two attached hydrogens (primary N) is 1. The van der Waals surface area contributed by atoms with Crippen LogP contribution in [0.25, 0.3) is 5.69 Å². The zero-order chi connectivity index (χ0) is 22.9. The molecule has 33 heavy (non-hydrogen) atoms. The van der Waals surface area contributed by atoms with Gasteiger partial charge in [0.1, 0.15) is 17.5 Å². The van der Waals surface area contributed by atoms with Gasteiger partial charge in [-0.15, -0.1) is 24.0 Å². The molecule has 1 aliphatic rings. The van der Waals surface area contributed by atoms with Gasteiger partial charge in [-0.2, -0.15) is 10.4 Å². The molecule has 9 heteroatoms. The smallest absolute Gasteiger partial charge is 0.191 e. The van der Waals surface area contributed by atoms with Crippen molar-refractivity contribution in [2.75, 3.05) is 31.9 Å². The molecule has 0 aliphatic carbocycles. The van der Waals surface area contributed by atoms with Crippen molar-refractivity contribution in [2.45, 2.75) is 58.5 Å². The highest BCUT2D eigenvalue weighted by atomic mass is 127. The van der Waals surface area contributed by atoms with Crippen LogP contribution in [0.1, 0.15) is 51.3 Å². The molecule has 0 spiro atoms. The van der Waals surface area contributed by atoms with Crippen molar-refractivity contribution in [2.24, 2.45) is 4.99 Å². The molecular weight excluding hydrogens is 527 g/mol. The predicted molar refractivity (Wildman–Crippen MR) is 145 cm³/mol. The number of aromatic nitrogens is 2. The van der Waals surface area contributed by atoms with Crippen LogP contribution in [0.5, 0.6) is 0 Å². The molecule has 2 aromatic rings. The van der Waals surface area contributed by atoms with Gasteiger partial charge in [-0.3, -0.25) is 4.99 Å². The third-order valence-corrected chi connectivity index (χ3v) is 5.89. The summed E-state index contributed by atoms with van der Waals surface area (Å²) >= 11 is 0. The minimum Gasteiger partial charge on any atom is -0.382 e. The lowest BCUT2D eigenvalue weighted by Gasteiger charge is -2.35. The quantitative estimate of drug-likeness (QED) is 0.197. The molecule has 8 nitrogen and oxygen atoms in total. The van der Waals surface area contributed by atoms with Crippen molar-refractivity contribution >= 4 is 35.8 Å². The Morgan fingerprint density at radius 1 is 1.27 bits per heavy atom. The molecular formula is C24H37IN8. The Morgan fingerprint density at radius 3 is 2.58 bits per heavy atom. The first-order valence-corrected chi connectivity index (χ1v) is 11.6. The number of nitrogen functional groups attached to an aromatic ring is 1. The van der Waals surface area contributed by atoms with E-state index in [4.69, 9.17) is 10.7 Å². The van der Waals surface area contributed by atoms with Gasteiger partial charge in [-0.1, -0.05) is 18.2 Å². The highest BCUT2D eigenvalue weighted by Gasteiger charge is 2.21. The van der Waals surface area contributed by atoms with Crippen LogP contribution >= 0.6 is 24.0 Å². The van der Waals surface area contributed by atoms with E-state index in [2.05, 4.69) is 47.5 Å². The monoisotopic (exact) mass is 564 g/mol. The lowest BCUT2D eigenvalue weighted by Crippen LogP contribution is -2.49.